The molecule has 1 atom stereocenters. The number of ketones is 1. The van der Waals surface area contributed by atoms with Crippen molar-refractivity contribution in [2.24, 2.45) is 11.0 Å². The average Bonchev–Trinajstić information content (AvgIpc) is 2.89. The second kappa shape index (κ2) is 6.62. The third kappa shape index (κ3) is 3.03. The molecular weight excluding hydrogens is 306 g/mol. The zero-order valence-electron chi connectivity index (χ0n) is 13.3. The van der Waals surface area contributed by atoms with Crippen LogP contribution in [0.3, 0.4) is 0 Å². The maximum absolute atomic E-state index is 12.6. The summed E-state index contributed by atoms with van der Waals surface area (Å²) in [5, 5.41) is 5.50. The second-order valence-corrected chi connectivity index (χ2v) is 5.61. The van der Waals surface area contributed by atoms with Gasteiger partial charge in [-0.15, -0.1) is 0 Å². The van der Waals surface area contributed by atoms with E-state index in [9.17, 15) is 14.4 Å². The fraction of sp³-hybridized carbons (Fsp3) is 0.222. The molecule has 1 aromatic carbocycles. The highest BCUT2D eigenvalue weighted by Gasteiger charge is 2.38. The van der Waals surface area contributed by atoms with Crippen molar-refractivity contribution in [2.75, 3.05) is 5.01 Å². The Morgan fingerprint density at radius 3 is 2.50 bits per heavy atom. The number of hydrogen-bond donors (Lipinski definition) is 0. The van der Waals surface area contributed by atoms with Crippen molar-refractivity contribution in [3.63, 3.8) is 0 Å². The van der Waals surface area contributed by atoms with Gasteiger partial charge in [0.15, 0.2) is 5.78 Å². The van der Waals surface area contributed by atoms with Gasteiger partial charge in [-0.05, 0) is 25.1 Å². The maximum atomic E-state index is 12.6. The molecule has 0 bridgehead atoms. The van der Waals surface area contributed by atoms with Gasteiger partial charge in [-0.1, -0.05) is 24.3 Å². The monoisotopic (exact) mass is 323 g/mol. The topological polar surface area (TPSA) is 71.7 Å². The number of amides is 1. The van der Waals surface area contributed by atoms with Crippen LogP contribution in [0, 0.1) is 5.92 Å². The number of nitrogens with zero attached hydrogens (tertiary/aromatic N) is 3. The number of rotatable bonds is 5. The van der Waals surface area contributed by atoms with E-state index in [2.05, 4.69) is 5.10 Å². The van der Waals surface area contributed by atoms with Gasteiger partial charge in [0.1, 0.15) is 5.92 Å². The highest BCUT2D eigenvalue weighted by molar-refractivity contribution is 6.26. The molecule has 1 aliphatic heterocycles. The SMILES string of the molecule is CC1=NN(c2ccccc2)C(=O)[C@H]1C(=O)CCn1ccccc1=O. The summed E-state index contributed by atoms with van der Waals surface area (Å²) < 4.78 is 1.46. The number of benzene rings is 1. The largest absolute Gasteiger partial charge is 0.315 e. The molecule has 3 rings (SSSR count). The van der Waals surface area contributed by atoms with Crippen LogP contribution in [0.4, 0.5) is 5.69 Å². The average molecular weight is 323 g/mol. The fourth-order valence-electron chi connectivity index (χ4n) is 2.71. The molecule has 0 N–H and O–H groups in total. The Hall–Kier alpha value is -3.02. The Morgan fingerprint density at radius 2 is 1.79 bits per heavy atom. The van der Waals surface area contributed by atoms with Crippen LogP contribution < -0.4 is 10.6 Å². The molecule has 24 heavy (non-hydrogen) atoms. The van der Waals surface area contributed by atoms with Gasteiger partial charge in [-0.3, -0.25) is 14.4 Å². The van der Waals surface area contributed by atoms with E-state index in [0.717, 1.165) is 0 Å². The number of aryl methyl sites for hydroxylation is 1. The molecule has 0 fully saturated rings. The predicted octanol–water partition coefficient (Wildman–Crippen LogP) is 1.85. The first-order valence-electron chi connectivity index (χ1n) is 7.70. The Balaban J connectivity index is 1.72. The summed E-state index contributed by atoms with van der Waals surface area (Å²) in [5.41, 5.74) is 0.949. The zero-order chi connectivity index (χ0) is 17.1. The first kappa shape index (κ1) is 15.9. The summed E-state index contributed by atoms with van der Waals surface area (Å²) in [6.45, 7) is 1.93. The lowest BCUT2D eigenvalue weighted by molar-refractivity contribution is -0.129. The van der Waals surface area contributed by atoms with Gasteiger partial charge in [0, 0.05) is 25.2 Å². The number of carbonyl (C=O) groups is 2. The molecule has 2 aromatic rings. The molecule has 1 aromatic heterocycles. The summed E-state index contributed by atoms with van der Waals surface area (Å²) in [5.74, 6) is -1.44. The van der Waals surface area contributed by atoms with Crippen molar-refractivity contribution in [2.45, 2.75) is 19.9 Å². The molecule has 1 amide bonds. The summed E-state index contributed by atoms with van der Waals surface area (Å²) in [4.78, 5) is 36.7. The van der Waals surface area contributed by atoms with Gasteiger partial charge in [0.05, 0.1) is 11.4 Å². The molecule has 0 unspecified atom stereocenters. The van der Waals surface area contributed by atoms with Crippen LogP contribution in [-0.4, -0.2) is 22.0 Å². The quantitative estimate of drug-likeness (QED) is 0.788. The molecule has 0 saturated heterocycles. The first-order valence-corrected chi connectivity index (χ1v) is 7.70. The molecule has 2 heterocycles. The van der Waals surface area contributed by atoms with Crippen molar-refractivity contribution >= 4 is 23.1 Å². The second-order valence-electron chi connectivity index (χ2n) is 5.61. The van der Waals surface area contributed by atoms with Crippen LogP contribution in [0.1, 0.15) is 13.3 Å². The lowest BCUT2D eigenvalue weighted by atomic mass is 9.97. The van der Waals surface area contributed by atoms with Crippen LogP contribution in [-0.2, 0) is 16.1 Å². The third-order valence-corrected chi connectivity index (χ3v) is 3.95. The number of hydrogen-bond acceptors (Lipinski definition) is 4. The van der Waals surface area contributed by atoms with Crippen molar-refractivity contribution in [1.82, 2.24) is 4.57 Å². The Labute approximate surface area is 139 Å². The minimum Gasteiger partial charge on any atom is -0.315 e. The van der Waals surface area contributed by atoms with E-state index in [0.29, 0.717) is 11.4 Å². The van der Waals surface area contributed by atoms with Gasteiger partial charge < -0.3 is 4.57 Å². The number of Topliss-reactive ketones (excluding diaryl/α,β-unsaturated/α-hetero) is 1. The van der Waals surface area contributed by atoms with Gasteiger partial charge in [-0.25, -0.2) is 0 Å². The van der Waals surface area contributed by atoms with Crippen molar-refractivity contribution in [3.8, 4) is 0 Å². The van der Waals surface area contributed by atoms with Crippen molar-refractivity contribution < 1.29 is 9.59 Å². The van der Waals surface area contributed by atoms with Gasteiger partial charge in [0.2, 0.25) is 0 Å². The van der Waals surface area contributed by atoms with E-state index >= 15 is 0 Å². The number of hydrazone groups is 1. The molecule has 1 aliphatic rings. The zero-order valence-corrected chi connectivity index (χ0v) is 13.3. The van der Waals surface area contributed by atoms with Crippen molar-refractivity contribution in [1.29, 1.82) is 0 Å². The van der Waals surface area contributed by atoms with Crippen LogP contribution >= 0.6 is 0 Å². The summed E-state index contributed by atoms with van der Waals surface area (Å²) in [6.07, 6.45) is 1.74. The Bertz CT molecular complexity index is 855. The molecule has 0 spiro atoms. The Kier molecular flexibility index (Phi) is 4.37. The minimum absolute atomic E-state index is 0.107. The van der Waals surface area contributed by atoms with E-state index in [1.165, 1.54) is 15.6 Å². The minimum atomic E-state index is -0.871. The summed E-state index contributed by atoms with van der Waals surface area (Å²) in [7, 11) is 0. The lowest BCUT2D eigenvalue weighted by Gasteiger charge is -2.14. The smallest absolute Gasteiger partial charge is 0.263 e. The normalized spacial score (nSPS) is 17.0. The van der Waals surface area contributed by atoms with Crippen LogP contribution in [0.25, 0.3) is 0 Å². The van der Waals surface area contributed by atoms with Crippen molar-refractivity contribution in [3.05, 3.63) is 65.1 Å². The fourth-order valence-corrected chi connectivity index (χ4v) is 2.71. The van der Waals surface area contributed by atoms with Gasteiger partial charge in [-0.2, -0.15) is 10.1 Å². The number of anilines is 1. The number of aromatic nitrogens is 1. The molecular formula is C18H17N3O3. The van der Waals surface area contributed by atoms with E-state index in [-0.39, 0.29) is 30.2 Å². The Morgan fingerprint density at radius 1 is 1.08 bits per heavy atom. The summed E-state index contributed by atoms with van der Waals surface area (Å²) in [6, 6.07) is 13.8. The van der Waals surface area contributed by atoms with Crippen LogP contribution in [0.15, 0.2) is 64.6 Å². The predicted molar refractivity (Wildman–Crippen MR) is 90.9 cm³/mol. The van der Waals surface area contributed by atoms with E-state index in [4.69, 9.17) is 0 Å². The molecule has 0 saturated carbocycles. The highest BCUT2D eigenvalue weighted by atomic mass is 16.2. The molecule has 0 radical (unpaired) electrons. The van der Waals surface area contributed by atoms with E-state index in [1.54, 1.807) is 37.4 Å². The standard InChI is InChI=1S/C18H17N3O3/c1-13-17(15(22)10-12-20-11-6-5-9-16(20)23)18(24)21(19-13)14-7-3-2-4-8-14/h2-9,11,17H,10,12H2,1H3/t17-/m1/s1. The molecule has 0 aliphatic carbocycles. The maximum Gasteiger partial charge on any atom is 0.263 e. The number of pyridine rings is 1. The molecule has 6 heteroatoms. The summed E-state index contributed by atoms with van der Waals surface area (Å²) >= 11 is 0. The van der Waals surface area contributed by atoms with Gasteiger partial charge in [0.25, 0.3) is 11.5 Å². The molecule has 122 valence electrons. The third-order valence-electron chi connectivity index (χ3n) is 3.95. The van der Waals surface area contributed by atoms with E-state index in [1.807, 2.05) is 18.2 Å². The van der Waals surface area contributed by atoms with E-state index < -0.39 is 5.92 Å². The lowest BCUT2D eigenvalue weighted by Crippen LogP contribution is -2.33. The van der Waals surface area contributed by atoms with Gasteiger partial charge >= 0.3 is 0 Å². The first-order chi connectivity index (χ1) is 11.6. The highest BCUT2D eigenvalue weighted by Crippen LogP contribution is 2.24. The number of para-hydroxylation sites is 1. The van der Waals surface area contributed by atoms with Crippen LogP contribution in [0.2, 0.25) is 0 Å². The molecule has 6 nitrogen and oxygen atoms in total. The van der Waals surface area contributed by atoms with Crippen LogP contribution in [0.5, 0.6) is 0 Å². The number of carbonyl (C=O) groups excluding carboxylic acids is 2.